The molecular weight excluding hydrogens is 272 g/mol. The minimum atomic E-state index is 0.0524. The smallest absolute Gasteiger partial charge is 0.285 e. The summed E-state index contributed by atoms with van der Waals surface area (Å²) >= 11 is 1.34. The summed E-state index contributed by atoms with van der Waals surface area (Å²) in [6.45, 7) is 5.22. The van der Waals surface area contributed by atoms with Crippen molar-refractivity contribution >= 4 is 22.4 Å². The molecular formula is C14H24N4OS. The van der Waals surface area contributed by atoms with E-state index in [1.807, 2.05) is 4.90 Å². The van der Waals surface area contributed by atoms with Crippen molar-refractivity contribution in [3.8, 4) is 0 Å². The Morgan fingerprint density at radius 1 is 1.40 bits per heavy atom. The lowest BCUT2D eigenvalue weighted by Crippen LogP contribution is -2.40. The van der Waals surface area contributed by atoms with Crippen molar-refractivity contribution in [2.45, 2.75) is 52.0 Å². The van der Waals surface area contributed by atoms with Gasteiger partial charge in [0.25, 0.3) is 5.91 Å². The van der Waals surface area contributed by atoms with Gasteiger partial charge in [-0.2, -0.15) is 0 Å². The summed E-state index contributed by atoms with van der Waals surface area (Å²) < 4.78 is 0. The third-order valence-corrected chi connectivity index (χ3v) is 4.72. The van der Waals surface area contributed by atoms with Crippen molar-refractivity contribution in [2.24, 2.45) is 5.92 Å². The van der Waals surface area contributed by atoms with E-state index in [0.29, 0.717) is 22.1 Å². The fourth-order valence-corrected chi connectivity index (χ4v) is 3.25. The summed E-state index contributed by atoms with van der Waals surface area (Å²) in [6, 6.07) is 0.392. The minimum absolute atomic E-state index is 0.0524. The maximum absolute atomic E-state index is 12.7. The zero-order valence-corrected chi connectivity index (χ0v) is 13.4. The average molecular weight is 296 g/mol. The van der Waals surface area contributed by atoms with Crippen LogP contribution >= 0.6 is 11.3 Å². The van der Waals surface area contributed by atoms with Crippen LogP contribution in [0.1, 0.15) is 55.8 Å². The topological polar surface area (TPSA) is 58.1 Å². The number of hydrogen-bond acceptors (Lipinski definition) is 5. The molecule has 1 amide bonds. The van der Waals surface area contributed by atoms with Crippen LogP contribution in [0.3, 0.4) is 0 Å². The van der Waals surface area contributed by atoms with Crippen molar-refractivity contribution in [3.05, 3.63) is 5.01 Å². The second kappa shape index (κ2) is 7.02. The fourth-order valence-electron chi connectivity index (χ4n) is 2.60. The highest BCUT2D eigenvalue weighted by Gasteiger charge is 2.29. The van der Waals surface area contributed by atoms with Crippen molar-refractivity contribution < 1.29 is 4.79 Å². The van der Waals surface area contributed by atoms with Gasteiger partial charge in [-0.15, -0.1) is 10.2 Å². The van der Waals surface area contributed by atoms with Gasteiger partial charge >= 0.3 is 0 Å². The first-order valence-corrected chi connectivity index (χ1v) is 8.25. The highest BCUT2D eigenvalue weighted by atomic mass is 32.1. The summed E-state index contributed by atoms with van der Waals surface area (Å²) in [5.41, 5.74) is 0. The number of anilines is 1. The lowest BCUT2D eigenvalue weighted by molar-refractivity contribution is 0.0670. The van der Waals surface area contributed by atoms with E-state index in [0.717, 1.165) is 25.8 Å². The molecule has 112 valence electrons. The SMILES string of the molecule is CNc1nnc(C(=O)N(CCC(C)C)C2CCCC2)s1. The zero-order valence-electron chi connectivity index (χ0n) is 12.6. The van der Waals surface area contributed by atoms with Gasteiger partial charge in [-0.3, -0.25) is 4.79 Å². The third kappa shape index (κ3) is 3.69. The Hall–Kier alpha value is -1.17. The molecule has 1 aromatic heterocycles. The maximum Gasteiger partial charge on any atom is 0.285 e. The first kappa shape index (κ1) is 15.2. The Balaban J connectivity index is 2.09. The van der Waals surface area contributed by atoms with Crippen molar-refractivity contribution in [3.63, 3.8) is 0 Å². The molecule has 0 bridgehead atoms. The van der Waals surface area contributed by atoms with E-state index >= 15 is 0 Å². The number of carbonyl (C=O) groups is 1. The molecule has 1 aliphatic rings. The summed E-state index contributed by atoms with van der Waals surface area (Å²) in [5.74, 6) is 0.658. The Labute approximate surface area is 124 Å². The molecule has 5 nitrogen and oxygen atoms in total. The van der Waals surface area contributed by atoms with Gasteiger partial charge in [-0.25, -0.2) is 0 Å². The van der Waals surface area contributed by atoms with Gasteiger partial charge in [0.05, 0.1) is 0 Å². The van der Waals surface area contributed by atoms with E-state index in [2.05, 4.69) is 29.4 Å². The summed E-state index contributed by atoms with van der Waals surface area (Å²) in [6.07, 6.45) is 5.75. The lowest BCUT2D eigenvalue weighted by Gasteiger charge is -2.28. The van der Waals surface area contributed by atoms with Crippen LogP contribution < -0.4 is 5.32 Å². The lowest BCUT2D eigenvalue weighted by atomic mass is 10.1. The van der Waals surface area contributed by atoms with E-state index in [1.54, 1.807) is 7.05 Å². The van der Waals surface area contributed by atoms with Gasteiger partial charge in [0.15, 0.2) is 0 Å². The Bertz CT molecular complexity index is 440. The van der Waals surface area contributed by atoms with Crippen LogP contribution in [0.15, 0.2) is 0 Å². The molecule has 0 aromatic carbocycles. The Morgan fingerprint density at radius 2 is 2.10 bits per heavy atom. The van der Waals surface area contributed by atoms with Crippen molar-refractivity contribution in [1.82, 2.24) is 15.1 Å². The van der Waals surface area contributed by atoms with Crippen molar-refractivity contribution in [2.75, 3.05) is 18.9 Å². The first-order chi connectivity index (χ1) is 9.61. The molecule has 1 fully saturated rings. The number of carbonyl (C=O) groups excluding carboxylic acids is 1. The number of hydrogen-bond donors (Lipinski definition) is 1. The highest BCUT2D eigenvalue weighted by molar-refractivity contribution is 7.17. The number of rotatable bonds is 6. The van der Waals surface area contributed by atoms with Crippen molar-refractivity contribution in [1.29, 1.82) is 0 Å². The van der Waals surface area contributed by atoms with Gasteiger partial charge in [0.2, 0.25) is 10.1 Å². The third-order valence-electron chi connectivity index (χ3n) is 3.80. The second-order valence-corrected chi connectivity index (χ2v) is 6.76. The van der Waals surface area contributed by atoms with E-state index < -0.39 is 0 Å². The monoisotopic (exact) mass is 296 g/mol. The predicted octanol–water partition coefficient (Wildman–Crippen LogP) is 3.01. The van der Waals surface area contributed by atoms with Crippen LogP contribution in [0.5, 0.6) is 0 Å². The van der Waals surface area contributed by atoms with E-state index in [-0.39, 0.29) is 5.91 Å². The Morgan fingerprint density at radius 3 is 2.65 bits per heavy atom. The van der Waals surface area contributed by atoms with Crippen LogP contribution in [0, 0.1) is 5.92 Å². The molecule has 0 unspecified atom stereocenters. The largest absolute Gasteiger partial charge is 0.363 e. The molecule has 1 aliphatic carbocycles. The number of aromatic nitrogens is 2. The highest BCUT2D eigenvalue weighted by Crippen LogP contribution is 2.27. The molecule has 0 radical (unpaired) electrons. The molecule has 1 heterocycles. The number of amides is 1. The maximum atomic E-state index is 12.7. The molecule has 6 heteroatoms. The molecule has 0 atom stereocenters. The summed E-state index contributed by atoms with van der Waals surface area (Å²) in [7, 11) is 1.79. The second-order valence-electron chi connectivity index (χ2n) is 5.78. The average Bonchev–Trinajstić information content (AvgIpc) is 3.09. The molecule has 0 aliphatic heterocycles. The van der Waals surface area contributed by atoms with Gasteiger partial charge in [-0.05, 0) is 25.2 Å². The summed E-state index contributed by atoms with van der Waals surface area (Å²) in [5, 5.41) is 12.1. The molecule has 1 saturated carbocycles. The van der Waals surface area contributed by atoms with Crippen LogP contribution in [0.2, 0.25) is 0 Å². The van der Waals surface area contributed by atoms with Crippen LogP contribution in [0.25, 0.3) is 0 Å². The molecule has 1 aromatic rings. The van der Waals surface area contributed by atoms with E-state index in [9.17, 15) is 4.79 Å². The fraction of sp³-hybridized carbons (Fsp3) is 0.786. The van der Waals surface area contributed by atoms with Gasteiger partial charge in [-0.1, -0.05) is 38.0 Å². The van der Waals surface area contributed by atoms with Gasteiger partial charge in [0.1, 0.15) is 0 Å². The van der Waals surface area contributed by atoms with Gasteiger partial charge < -0.3 is 10.2 Å². The Kier molecular flexibility index (Phi) is 5.34. The van der Waals surface area contributed by atoms with Gasteiger partial charge in [0, 0.05) is 19.6 Å². The van der Waals surface area contributed by atoms with Crippen LogP contribution in [0.4, 0.5) is 5.13 Å². The molecule has 20 heavy (non-hydrogen) atoms. The minimum Gasteiger partial charge on any atom is -0.363 e. The quantitative estimate of drug-likeness (QED) is 0.876. The van der Waals surface area contributed by atoms with E-state index in [1.165, 1.54) is 24.2 Å². The normalized spacial score (nSPS) is 15.8. The number of nitrogens with one attached hydrogen (secondary N) is 1. The summed E-state index contributed by atoms with van der Waals surface area (Å²) in [4.78, 5) is 14.7. The number of nitrogens with zero attached hydrogens (tertiary/aromatic N) is 3. The molecule has 1 N–H and O–H groups in total. The zero-order chi connectivity index (χ0) is 14.5. The standard InChI is InChI=1S/C14H24N4OS/c1-10(2)8-9-18(11-6-4-5-7-11)13(19)12-16-17-14(15-3)20-12/h10-11H,4-9H2,1-3H3,(H,15,17). The molecule has 0 spiro atoms. The van der Waals surface area contributed by atoms with E-state index in [4.69, 9.17) is 0 Å². The molecule has 2 rings (SSSR count). The first-order valence-electron chi connectivity index (χ1n) is 7.44. The molecule has 0 saturated heterocycles. The van der Waals surface area contributed by atoms with Crippen LogP contribution in [-0.4, -0.2) is 40.6 Å². The predicted molar refractivity (Wildman–Crippen MR) is 82.2 cm³/mol. The van der Waals surface area contributed by atoms with Crippen LogP contribution in [-0.2, 0) is 0 Å².